The Morgan fingerprint density at radius 3 is 2.50 bits per heavy atom. The molecule has 1 aromatic carbocycles. The van der Waals surface area contributed by atoms with Gasteiger partial charge >= 0.3 is 0 Å². The van der Waals surface area contributed by atoms with Gasteiger partial charge in [0.25, 0.3) is 0 Å². The Kier molecular flexibility index (Phi) is 3.28. The lowest BCUT2D eigenvalue weighted by Gasteiger charge is -1.96. The molecule has 0 bridgehead atoms. The van der Waals surface area contributed by atoms with Crippen LogP contribution in [0, 0.1) is 13.8 Å². The van der Waals surface area contributed by atoms with E-state index in [9.17, 15) is 4.79 Å². The maximum atomic E-state index is 11.9. The van der Waals surface area contributed by atoms with E-state index in [4.69, 9.17) is 9.63 Å². The first-order valence-electron chi connectivity index (χ1n) is 5.52. The first kappa shape index (κ1) is 12.1. The predicted octanol–water partition coefficient (Wildman–Crippen LogP) is 2.89. The molecule has 0 unspecified atom stereocenters. The molecule has 0 fully saturated rings. The Bertz CT molecular complexity index is 575. The number of aromatic hydroxyl groups is 1. The number of aromatic nitrogens is 1. The Balaban J connectivity index is 2.19. The molecule has 0 aliphatic carbocycles. The molecular formula is C14H13NO3. The number of benzene rings is 1. The molecule has 0 spiro atoms. The Hall–Kier alpha value is -2.36. The third kappa shape index (κ3) is 2.48. The molecule has 0 atom stereocenters. The van der Waals surface area contributed by atoms with E-state index in [1.807, 2.05) is 6.92 Å². The molecule has 1 N–H and O–H groups in total. The van der Waals surface area contributed by atoms with E-state index in [-0.39, 0.29) is 11.5 Å². The van der Waals surface area contributed by atoms with Gasteiger partial charge in [-0.1, -0.05) is 5.16 Å². The molecular weight excluding hydrogens is 230 g/mol. The maximum Gasteiger partial charge on any atom is 0.185 e. The van der Waals surface area contributed by atoms with E-state index >= 15 is 0 Å². The number of hydrogen-bond donors (Lipinski definition) is 1. The van der Waals surface area contributed by atoms with Gasteiger partial charge in [0.1, 0.15) is 11.5 Å². The van der Waals surface area contributed by atoms with Crippen LogP contribution in [0.2, 0.25) is 0 Å². The zero-order valence-corrected chi connectivity index (χ0v) is 10.2. The van der Waals surface area contributed by atoms with Crippen LogP contribution in [0.25, 0.3) is 6.08 Å². The number of phenols is 1. The third-order valence-electron chi connectivity index (χ3n) is 2.64. The number of ketones is 1. The number of nitrogens with zero attached hydrogens (tertiary/aromatic N) is 1. The molecule has 1 heterocycles. The fourth-order valence-electron chi connectivity index (χ4n) is 1.61. The van der Waals surface area contributed by atoms with Crippen LogP contribution in [0.4, 0.5) is 0 Å². The van der Waals surface area contributed by atoms with Crippen molar-refractivity contribution in [2.45, 2.75) is 13.8 Å². The van der Waals surface area contributed by atoms with Crippen molar-refractivity contribution in [1.29, 1.82) is 0 Å². The zero-order chi connectivity index (χ0) is 13.1. The number of phenolic OH excluding ortho intramolecular Hbond substituents is 1. The number of rotatable bonds is 3. The molecule has 0 aliphatic heterocycles. The van der Waals surface area contributed by atoms with Crippen molar-refractivity contribution in [2.24, 2.45) is 0 Å². The SMILES string of the molecule is Cc1noc(C)c1C=CC(=O)c1ccc(O)cc1. The molecule has 4 heteroatoms. The minimum atomic E-state index is -0.130. The van der Waals surface area contributed by atoms with Crippen LogP contribution < -0.4 is 0 Å². The molecule has 92 valence electrons. The molecule has 0 aliphatic rings. The highest BCUT2D eigenvalue weighted by Crippen LogP contribution is 2.15. The standard InChI is InChI=1S/C14H13NO3/c1-9-13(10(2)18-15-9)7-8-14(17)11-3-5-12(16)6-4-11/h3-8,16H,1-2H3. The topological polar surface area (TPSA) is 63.3 Å². The summed E-state index contributed by atoms with van der Waals surface area (Å²) in [5.41, 5.74) is 2.10. The number of carbonyl (C=O) groups excluding carboxylic acids is 1. The second-order valence-electron chi connectivity index (χ2n) is 3.98. The van der Waals surface area contributed by atoms with Crippen LogP contribution in [0.15, 0.2) is 34.9 Å². The lowest BCUT2D eigenvalue weighted by Crippen LogP contribution is -1.93. The van der Waals surface area contributed by atoms with Gasteiger partial charge in [0.05, 0.1) is 5.69 Å². The minimum absolute atomic E-state index is 0.130. The highest BCUT2D eigenvalue weighted by Gasteiger charge is 2.06. The molecule has 2 aromatic rings. The van der Waals surface area contributed by atoms with Crippen molar-refractivity contribution in [3.63, 3.8) is 0 Å². The van der Waals surface area contributed by atoms with Crippen LogP contribution >= 0.6 is 0 Å². The first-order valence-corrected chi connectivity index (χ1v) is 5.52. The molecule has 0 saturated heterocycles. The van der Waals surface area contributed by atoms with Gasteiger partial charge in [-0.05, 0) is 50.3 Å². The largest absolute Gasteiger partial charge is 0.508 e. The smallest absolute Gasteiger partial charge is 0.185 e. The molecule has 18 heavy (non-hydrogen) atoms. The number of aryl methyl sites for hydroxylation is 2. The van der Waals surface area contributed by atoms with Gasteiger partial charge in [0, 0.05) is 11.1 Å². The van der Waals surface area contributed by atoms with Crippen LogP contribution in [0.5, 0.6) is 5.75 Å². The number of allylic oxidation sites excluding steroid dienone is 1. The zero-order valence-electron chi connectivity index (χ0n) is 10.2. The minimum Gasteiger partial charge on any atom is -0.508 e. The molecule has 0 amide bonds. The summed E-state index contributed by atoms with van der Waals surface area (Å²) in [6, 6.07) is 6.12. The number of hydrogen-bond acceptors (Lipinski definition) is 4. The Morgan fingerprint density at radius 1 is 1.28 bits per heavy atom. The van der Waals surface area contributed by atoms with E-state index in [1.54, 1.807) is 25.1 Å². The van der Waals surface area contributed by atoms with Gasteiger partial charge in [0.2, 0.25) is 0 Å². The fraction of sp³-hybridized carbons (Fsp3) is 0.143. The summed E-state index contributed by atoms with van der Waals surface area (Å²) in [6.07, 6.45) is 3.16. The first-order chi connectivity index (χ1) is 8.58. The summed E-state index contributed by atoms with van der Waals surface area (Å²) in [5.74, 6) is 0.693. The summed E-state index contributed by atoms with van der Waals surface area (Å²) >= 11 is 0. The van der Waals surface area contributed by atoms with Gasteiger partial charge in [0.15, 0.2) is 5.78 Å². The van der Waals surface area contributed by atoms with Crippen molar-refractivity contribution >= 4 is 11.9 Å². The van der Waals surface area contributed by atoms with Gasteiger partial charge < -0.3 is 9.63 Å². The van der Waals surface area contributed by atoms with Crippen LogP contribution in [-0.4, -0.2) is 16.0 Å². The second kappa shape index (κ2) is 4.87. The van der Waals surface area contributed by atoms with Gasteiger partial charge in [-0.25, -0.2) is 0 Å². The maximum absolute atomic E-state index is 11.9. The predicted molar refractivity (Wildman–Crippen MR) is 67.4 cm³/mol. The van der Waals surface area contributed by atoms with Gasteiger partial charge in [-0.2, -0.15) is 0 Å². The second-order valence-corrected chi connectivity index (χ2v) is 3.98. The van der Waals surface area contributed by atoms with Gasteiger partial charge in [-0.15, -0.1) is 0 Å². The Labute approximate surface area is 105 Å². The van der Waals surface area contributed by atoms with Crippen molar-refractivity contribution in [3.8, 4) is 5.75 Å². The summed E-state index contributed by atoms with van der Waals surface area (Å²) in [4.78, 5) is 11.9. The summed E-state index contributed by atoms with van der Waals surface area (Å²) in [5, 5.41) is 12.9. The number of carbonyl (C=O) groups is 1. The lowest BCUT2D eigenvalue weighted by molar-refractivity contribution is 0.104. The summed E-state index contributed by atoms with van der Waals surface area (Å²) in [6.45, 7) is 3.62. The average molecular weight is 243 g/mol. The quantitative estimate of drug-likeness (QED) is 0.665. The molecule has 4 nitrogen and oxygen atoms in total. The lowest BCUT2D eigenvalue weighted by atomic mass is 10.1. The van der Waals surface area contributed by atoms with Crippen LogP contribution in [0.1, 0.15) is 27.4 Å². The third-order valence-corrected chi connectivity index (χ3v) is 2.64. The molecule has 2 rings (SSSR count). The monoisotopic (exact) mass is 243 g/mol. The van der Waals surface area contributed by atoms with E-state index in [0.717, 1.165) is 11.3 Å². The van der Waals surface area contributed by atoms with Crippen molar-refractivity contribution < 1.29 is 14.4 Å². The summed E-state index contributed by atoms with van der Waals surface area (Å²) in [7, 11) is 0. The van der Waals surface area contributed by atoms with Crippen LogP contribution in [0.3, 0.4) is 0 Å². The van der Waals surface area contributed by atoms with Crippen molar-refractivity contribution in [2.75, 3.05) is 0 Å². The average Bonchev–Trinajstić information content (AvgIpc) is 2.67. The van der Waals surface area contributed by atoms with Crippen molar-refractivity contribution in [1.82, 2.24) is 5.16 Å². The Morgan fingerprint density at radius 2 is 1.94 bits per heavy atom. The van der Waals surface area contributed by atoms with Crippen molar-refractivity contribution in [3.05, 3.63) is 52.9 Å². The van der Waals surface area contributed by atoms with E-state index in [1.165, 1.54) is 18.2 Å². The van der Waals surface area contributed by atoms with E-state index in [0.29, 0.717) is 11.3 Å². The fourth-order valence-corrected chi connectivity index (χ4v) is 1.61. The van der Waals surface area contributed by atoms with Crippen LogP contribution in [-0.2, 0) is 0 Å². The van der Waals surface area contributed by atoms with Gasteiger partial charge in [-0.3, -0.25) is 4.79 Å². The highest BCUT2D eigenvalue weighted by atomic mass is 16.5. The molecule has 0 saturated carbocycles. The van der Waals surface area contributed by atoms with E-state index in [2.05, 4.69) is 5.16 Å². The highest BCUT2D eigenvalue weighted by molar-refractivity contribution is 6.06. The molecule has 0 radical (unpaired) electrons. The van der Waals surface area contributed by atoms with E-state index < -0.39 is 0 Å². The summed E-state index contributed by atoms with van der Waals surface area (Å²) < 4.78 is 5.00. The normalized spacial score (nSPS) is 11.0. The molecule has 1 aromatic heterocycles.